The van der Waals surface area contributed by atoms with Gasteiger partial charge in [-0.25, -0.2) is 33.9 Å². The van der Waals surface area contributed by atoms with E-state index in [2.05, 4.69) is 25.3 Å². The number of nitrogens with zero attached hydrogens (tertiary/aromatic N) is 8. The number of carbonyl (C=O) groups is 1. The minimum atomic E-state index is -1.19. The van der Waals surface area contributed by atoms with Crippen molar-refractivity contribution in [3.8, 4) is 11.4 Å². The van der Waals surface area contributed by atoms with Gasteiger partial charge in [0.05, 0.1) is 31.0 Å². The quantitative estimate of drug-likeness (QED) is 0.0801. The van der Waals surface area contributed by atoms with Crippen LogP contribution in [0.25, 0.3) is 5.69 Å². The maximum absolute atomic E-state index is 15.3. The van der Waals surface area contributed by atoms with Crippen molar-refractivity contribution < 1.29 is 77.3 Å². The van der Waals surface area contributed by atoms with Crippen molar-refractivity contribution in [2.45, 2.75) is 64.1 Å². The summed E-state index contributed by atoms with van der Waals surface area (Å²) in [5.74, 6) is -0.874. The van der Waals surface area contributed by atoms with Crippen LogP contribution in [0.15, 0.2) is 90.5 Å². The van der Waals surface area contributed by atoms with Crippen LogP contribution in [-0.2, 0) is 26.4 Å². The molecule has 5 aromatic rings. The second-order valence-corrected chi connectivity index (χ2v) is 15.1. The number of alkyl carbamates (subject to hydrolysis) is 1. The zero-order valence-corrected chi connectivity index (χ0v) is 37.1. The van der Waals surface area contributed by atoms with Crippen LogP contribution in [0.3, 0.4) is 0 Å². The van der Waals surface area contributed by atoms with Gasteiger partial charge in [0.2, 0.25) is 12.6 Å². The molecule has 4 heterocycles. The number of anilines is 2. The summed E-state index contributed by atoms with van der Waals surface area (Å²) >= 11 is 0. The summed E-state index contributed by atoms with van der Waals surface area (Å²) in [6, 6.07) is 18.8. The number of piperazine rings is 1. The molecule has 3 aromatic carbocycles. The molecule has 2 saturated heterocycles. The summed E-state index contributed by atoms with van der Waals surface area (Å²) in [5.41, 5.74) is 1.56. The fourth-order valence-electron chi connectivity index (χ4n) is 7.90. The van der Waals surface area contributed by atoms with Crippen molar-refractivity contribution in [2.24, 2.45) is 5.92 Å². The Morgan fingerprint density at radius 1 is 1.02 bits per heavy atom. The van der Waals surface area contributed by atoms with Crippen molar-refractivity contribution in [1.29, 1.82) is 0 Å². The molecule has 1 unspecified atom stereocenters. The summed E-state index contributed by atoms with van der Waals surface area (Å²) < 4.78 is 53.0. The first-order valence-electron chi connectivity index (χ1n) is 20.0. The van der Waals surface area contributed by atoms with Crippen LogP contribution < -0.4 is 59.7 Å². The van der Waals surface area contributed by atoms with Crippen LogP contribution >= 0.6 is 0 Å². The Hall–Kier alpha value is -5.18. The molecule has 7 rings (SSSR count). The monoisotopic (exact) mass is 869 g/mol. The summed E-state index contributed by atoms with van der Waals surface area (Å²) in [6.07, 6.45) is 4.78. The number of aliphatic hydroxyl groups excluding tert-OH is 1. The number of hydrogen-bond donors (Lipinski definition) is 2. The molecule has 62 heavy (non-hydrogen) atoms. The van der Waals surface area contributed by atoms with Gasteiger partial charge >= 0.3 is 41.3 Å². The van der Waals surface area contributed by atoms with E-state index < -0.39 is 35.7 Å². The molecule has 326 valence electrons. The number of ether oxygens (including phenoxy) is 3. The Balaban J connectivity index is 0.00000363. The normalized spacial score (nSPS) is 18.8. The van der Waals surface area contributed by atoms with Crippen LogP contribution in [0.4, 0.5) is 25.0 Å². The van der Waals surface area contributed by atoms with Crippen LogP contribution in [-0.4, -0.2) is 99.1 Å². The number of rotatable bonds is 16. The Morgan fingerprint density at radius 3 is 2.27 bits per heavy atom. The van der Waals surface area contributed by atoms with Crippen LogP contribution in [0.5, 0.6) is 5.75 Å². The van der Waals surface area contributed by atoms with E-state index in [-0.39, 0.29) is 77.9 Å². The van der Waals surface area contributed by atoms with Crippen molar-refractivity contribution in [3.05, 3.63) is 113 Å². The first kappa shape index (κ1) is 47.9. The number of aromatic nitrogens is 6. The number of carbonyl (C=O) groups excluding carboxylic acids is 2. The van der Waals surface area contributed by atoms with Gasteiger partial charge in [-0.2, -0.15) is 9.67 Å². The predicted molar refractivity (Wildman–Crippen MR) is 217 cm³/mol. The molecule has 0 radical (unpaired) electrons. The molecule has 17 nitrogen and oxygen atoms in total. The number of amides is 1. The summed E-state index contributed by atoms with van der Waals surface area (Å²) in [6.45, 7) is 8.79. The SMILES string of the molecule is CC[C@@H]([C@H](C)O)n1ncn(-c2ccc(N3CCN(c4ccc(OC[C@@H]5CO[C@@](Cn6c[n+](C(C)OC(=O)NC[C-]=O)cn6)(c6ccc(F)cc6F)C5)cc4)CC3)cc2)c1=O.[Na+].[OH-]. The van der Waals surface area contributed by atoms with Gasteiger partial charge in [-0.15, -0.1) is 4.68 Å². The molecule has 0 spiro atoms. The molecule has 2 fully saturated rings. The fourth-order valence-corrected chi connectivity index (χ4v) is 7.90. The number of hydrogen-bond acceptors (Lipinski definition) is 12. The molecule has 2 aromatic heterocycles. The van der Waals surface area contributed by atoms with E-state index in [9.17, 15) is 23.9 Å². The van der Waals surface area contributed by atoms with Gasteiger partial charge in [-0.05, 0) is 74.4 Å². The Bertz CT molecular complexity index is 2300. The molecule has 5 atom stereocenters. The molecule has 2 aliphatic rings. The number of halogens is 2. The van der Waals surface area contributed by atoms with E-state index in [0.29, 0.717) is 30.9 Å². The molecule has 0 aliphatic carbocycles. The minimum Gasteiger partial charge on any atom is -0.870 e. The van der Waals surface area contributed by atoms with Crippen LogP contribution in [0, 0.1) is 17.6 Å². The molecule has 0 saturated carbocycles. The number of nitrogens with one attached hydrogen (secondary N) is 1. The number of aliphatic hydroxyl groups is 1. The Morgan fingerprint density at radius 2 is 1.66 bits per heavy atom. The van der Waals surface area contributed by atoms with Crippen LogP contribution in [0.2, 0.25) is 0 Å². The standard InChI is InChI=1S/C42H49F2N9O7.Na.H2O/c1-4-39(29(2)55)53-41(57)52(27-47-53)35-8-6-33(7-9-35)48-16-18-49(19-17-48)34-10-12-36(13-11-34)58-23-31-22-42(59-24-31,37-14-5-32(43)21-38(37)44)25-51-28-50(26-46-51)30(3)60-40(56)45-15-20-54;;/h5-14,21,26-31,39,55H,4,15-19,22-25H2,1-3H3,(H,45,56);;1H2/q;+1;/p-1/t29-,30?,31+,39-,42-;;/m0../s1. The number of benzene rings is 3. The predicted octanol–water partition coefficient (Wildman–Crippen LogP) is 0.647. The van der Waals surface area contributed by atoms with E-state index >= 15 is 4.39 Å². The van der Waals surface area contributed by atoms with Gasteiger partial charge in [0.1, 0.15) is 35.9 Å². The third-order valence-electron chi connectivity index (χ3n) is 11.1. The largest absolute Gasteiger partial charge is 1.00 e. The van der Waals surface area contributed by atoms with E-state index in [1.807, 2.05) is 55.5 Å². The van der Waals surface area contributed by atoms with E-state index in [4.69, 9.17) is 14.2 Å². The van der Waals surface area contributed by atoms with Crippen molar-refractivity contribution >= 4 is 23.8 Å². The first-order valence-corrected chi connectivity index (χ1v) is 20.0. The Kier molecular flexibility index (Phi) is 16.4. The smallest absolute Gasteiger partial charge is 0.870 e. The van der Waals surface area contributed by atoms with E-state index in [1.165, 1.54) is 38.6 Å². The van der Waals surface area contributed by atoms with Gasteiger partial charge in [-0.3, -0.25) is 0 Å². The van der Waals surface area contributed by atoms with Crippen molar-refractivity contribution in [1.82, 2.24) is 29.4 Å². The maximum atomic E-state index is 15.3. The van der Waals surface area contributed by atoms with Gasteiger partial charge in [0.15, 0.2) is 0 Å². The third-order valence-corrected chi connectivity index (χ3v) is 11.1. The molecule has 20 heteroatoms. The second kappa shape index (κ2) is 21.3. The molecule has 3 N–H and O–H groups in total. The average Bonchev–Trinajstić information content (AvgIpc) is 3.99. The zero-order valence-electron chi connectivity index (χ0n) is 35.1. The van der Waals surface area contributed by atoms with Crippen molar-refractivity contribution in [2.75, 3.05) is 55.7 Å². The molecule has 2 aliphatic heterocycles. The molecule has 1 amide bonds. The van der Waals surface area contributed by atoms with E-state index in [1.54, 1.807) is 31.1 Å². The second-order valence-electron chi connectivity index (χ2n) is 15.1. The molecule has 0 bridgehead atoms. The van der Waals surface area contributed by atoms with Gasteiger partial charge in [-0.1, -0.05) is 19.5 Å². The van der Waals surface area contributed by atoms with Crippen LogP contribution in [0.1, 0.15) is 51.4 Å². The van der Waals surface area contributed by atoms with Crippen molar-refractivity contribution in [3.63, 3.8) is 0 Å². The zero-order chi connectivity index (χ0) is 42.4. The van der Waals surface area contributed by atoms with Gasteiger partial charge in [0.25, 0.3) is 6.33 Å². The molecular weight excluding hydrogens is 820 g/mol. The first-order chi connectivity index (χ1) is 29.0. The minimum absolute atomic E-state index is 0. The Labute approximate surface area is 379 Å². The summed E-state index contributed by atoms with van der Waals surface area (Å²) in [5, 5.41) is 21.0. The van der Waals surface area contributed by atoms with E-state index in [0.717, 1.165) is 43.6 Å². The third kappa shape index (κ3) is 10.9. The summed E-state index contributed by atoms with van der Waals surface area (Å²) in [7, 11) is 0. The fraction of sp³-hybridized carbons (Fsp3) is 0.429. The maximum Gasteiger partial charge on any atom is 1.00 e. The van der Waals surface area contributed by atoms with Gasteiger partial charge < -0.3 is 44.7 Å². The average molecular weight is 870 g/mol. The summed E-state index contributed by atoms with van der Waals surface area (Å²) in [4.78, 5) is 40.0. The topological polar surface area (TPSA) is 192 Å². The van der Waals surface area contributed by atoms with Gasteiger partial charge in [0, 0.05) is 67.1 Å². The molecular formula is C42H50F2N9NaO8.